The number of carbonyl (C=O) groups excluding carboxylic acids is 2. The molecule has 0 atom stereocenters. The highest BCUT2D eigenvalue weighted by atomic mass is 16.5. The van der Waals surface area contributed by atoms with E-state index in [0.717, 1.165) is 29.9 Å². The molecule has 0 spiro atoms. The number of ether oxygens (including phenoxy) is 1. The number of rotatable bonds is 1. The first-order chi connectivity index (χ1) is 12.2. The van der Waals surface area contributed by atoms with E-state index in [1.165, 1.54) is 6.20 Å². The van der Waals surface area contributed by atoms with E-state index in [1.54, 1.807) is 12.3 Å². The normalized spacial score (nSPS) is 19.0. The fraction of sp³-hybridized carbons (Fsp3) is 0.250. The lowest BCUT2D eigenvalue weighted by Crippen LogP contribution is -2.36. The lowest BCUT2D eigenvalue weighted by atomic mass is 9.85. The molecule has 5 rings (SSSR count). The number of benzene rings is 1. The van der Waals surface area contributed by atoms with Gasteiger partial charge in [-0.25, -0.2) is 0 Å². The predicted octanol–water partition coefficient (Wildman–Crippen LogP) is 2.31. The minimum absolute atomic E-state index is 0.0453. The molecule has 3 aliphatic rings. The van der Waals surface area contributed by atoms with Crippen LogP contribution < -0.4 is 4.90 Å². The number of allylic oxidation sites excluding steroid dienone is 2. The Morgan fingerprint density at radius 1 is 0.960 bits per heavy atom. The number of hydrogen-bond acceptors (Lipinski definition) is 5. The van der Waals surface area contributed by atoms with Crippen LogP contribution in [0.4, 0.5) is 5.69 Å². The zero-order valence-corrected chi connectivity index (χ0v) is 13.6. The molecule has 124 valence electrons. The SMILES string of the molecule is O=C1C2=C(C(=O)c3cnccc31)c1cc(N3CCOCC3)ccc1C2. The van der Waals surface area contributed by atoms with E-state index in [1.807, 2.05) is 6.07 Å². The first-order valence-electron chi connectivity index (χ1n) is 8.46. The van der Waals surface area contributed by atoms with Gasteiger partial charge in [0.25, 0.3) is 0 Å². The maximum absolute atomic E-state index is 13.0. The standard InChI is InChI=1S/C20H16N2O3/c23-19-14-3-4-21-11-17(14)20(24)18-15-10-13(22-5-7-25-8-6-22)2-1-12(15)9-16(18)19/h1-4,10-11H,5-9H2. The number of aromatic nitrogens is 1. The Bertz CT molecular complexity index is 955. The van der Waals surface area contributed by atoms with Crippen molar-refractivity contribution in [2.75, 3.05) is 31.2 Å². The zero-order chi connectivity index (χ0) is 17.0. The second-order valence-electron chi connectivity index (χ2n) is 6.55. The number of anilines is 1. The number of nitrogens with zero attached hydrogens (tertiary/aromatic N) is 2. The molecule has 2 aliphatic carbocycles. The number of Topliss-reactive ketones (excluding diaryl/α,β-unsaturated/α-hetero) is 2. The second kappa shape index (κ2) is 5.36. The predicted molar refractivity (Wildman–Crippen MR) is 93.0 cm³/mol. The minimum Gasteiger partial charge on any atom is -0.378 e. The summed E-state index contributed by atoms with van der Waals surface area (Å²) in [4.78, 5) is 32.1. The summed E-state index contributed by atoms with van der Waals surface area (Å²) in [5.41, 5.74) is 5.09. The smallest absolute Gasteiger partial charge is 0.196 e. The molecular formula is C20H16N2O3. The first-order valence-corrected chi connectivity index (χ1v) is 8.46. The van der Waals surface area contributed by atoms with Crippen molar-refractivity contribution in [3.63, 3.8) is 0 Å². The first kappa shape index (κ1) is 14.5. The molecule has 0 saturated carbocycles. The Balaban J connectivity index is 1.61. The van der Waals surface area contributed by atoms with Gasteiger partial charge in [-0.3, -0.25) is 14.6 Å². The van der Waals surface area contributed by atoms with Crippen molar-refractivity contribution in [2.24, 2.45) is 0 Å². The van der Waals surface area contributed by atoms with Gasteiger partial charge in [0.05, 0.1) is 18.8 Å². The molecule has 0 bridgehead atoms. The molecular weight excluding hydrogens is 316 g/mol. The van der Waals surface area contributed by atoms with Crippen LogP contribution in [0, 0.1) is 0 Å². The third kappa shape index (κ3) is 2.09. The summed E-state index contributed by atoms with van der Waals surface area (Å²) in [6.45, 7) is 3.09. The number of fused-ring (bicyclic) bond motifs is 3. The molecule has 0 radical (unpaired) electrons. The summed E-state index contributed by atoms with van der Waals surface area (Å²) < 4.78 is 5.41. The summed E-state index contributed by atoms with van der Waals surface area (Å²) in [6.07, 6.45) is 3.59. The third-order valence-corrected chi connectivity index (χ3v) is 5.22. The van der Waals surface area contributed by atoms with Gasteiger partial charge in [-0.15, -0.1) is 0 Å². The molecule has 1 saturated heterocycles. The summed E-state index contributed by atoms with van der Waals surface area (Å²) in [5, 5.41) is 0. The summed E-state index contributed by atoms with van der Waals surface area (Å²) >= 11 is 0. The molecule has 0 N–H and O–H groups in total. The Hall–Kier alpha value is -2.79. The van der Waals surface area contributed by atoms with E-state index in [0.29, 0.717) is 41.9 Å². The number of ketones is 2. The van der Waals surface area contributed by atoms with Crippen molar-refractivity contribution >= 4 is 22.8 Å². The zero-order valence-electron chi connectivity index (χ0n) is 13.6. The molecule has 5 heteroatoms. The molecule has 1 aromatic carbocycles. The number of morpholine rings is 1. The van der Waals surface area contributed by atoms with E-state index in [4.69, 9.17) is 4.74 Å². The maximum Gasteiger partial charge on any atom is 0.196 e. The van der Waals surface area contributed by atoms with E-state index in [2.05, 4.69) is 22.0 Å². The van der Waals surface area contributed by atoms with Crippen molar-refractivity contribution in [3.05, 3.63) is 64.5 Å². The van der Waals surface area contributed by atoms with Crippen LogP contribution in [-0.4, -0.2) is 42.9 Å². The highest BCUT2D eigenvalue weighted by Gasteiger charge is 2.37. The summed E-state index contributed by atoms with van der Waals surface area (Å²) in [6, 6.07) is 7.81. The number of carbonyl (C=O) groups is 2. The Labute approximate surface area is 144 Å². The molecule has 0 amide bonds. The Morgan fingerprint density at radius 2 is 1.80 bits per heavy atom. The Kier molecular flexibility index (Phi) is 3.12. The van der Waals surface area contributed by atoms with Crippen LogP contribution in [-0.2, 0) is 11.2 Å². The van der Waals surface area contributed by atoms with Gasteiger partial charge < -0.3 is 9.64 Å². The van der Waals surface area contributed by atoms with Crippen molar-refractivity contribution in [1.82, 2.24) is 4.98 Å². The largest absolute Gasteiger partial charge is 0.378 e. The van der Waals surface area contributed by atoms with Crippen LogP contribution in [0.3, 0.4) is 0 Å². The third-order valence-electron chi connectivity index (χ3n) is 5.22. The lowest BCUT2D eigenvalue weighted by Gasteiger charge is -2.29. The molecule has 1 aliphatic heterocycles. The lowest BCUT2D eigenvalue weighted by molar-refractivity contribution is 0.0991. The second-order valence-corrected chi connectivity index (χ2v) is 6.55. The van der Waals surface area contributed by atoms with Gasteiger partial charge >= 0.3 is 0 Å². The highest BCUT2D eigenvalue weighted by Crippen LogP contribution is 2.41. The molecule has 2 aromatic rings. The van der Waals surface area contributed by atoms with Crippen LogP contribution in [0.1, 0.15) is 31.8 Å². The van der Waals surface area contributed by atoms with Gasteiger partial charge in [-0.05, 0) is 29.3 Å². The van der Waals surface area contributed by atoms with Gasteiger partial charge in [0, 0.05) is 54.3 Å². The van der Waals surface area contributed by atoms with Gasteiger partial charge in [0.2, 0.25) is 0 Å². The fourth-order valence-corrected chi connectivity index (χ4v) is 3.93. The van der Waals surface area contributed by atoms with Gasteiger partial charge in [0.15, 0.2) is 11.6 Å². The van der Waals surface area contributed by atoms with Crippen LogP contribution in [0.15, 0.2) is 42.2 Å². The van der Waals surface area contributed by atoms with E-state index < -0.39 is 0 Å². The van der Waals surface area contributed by atoms with Crippen LogP contribution in [0.2, 0.25) is 0 Å². The van der Waals surface area contributed by atoms with Gasteiger partial charge in [-0.1, -0.05) is 6.07 Å². The van der Waals surface area contributed by atoms with E-state index in [9.17, 15) is 9.59 Å². The van der Waals surface area contributed by atoms with Crippen molar-refractivity contribution < 1.29 is 14.3 Å². The minimum atomic E-state index is -0.0874. The van der Waals surface area contributed by atoms with Crippen molar-refractivity contribution in [2.45, 2.75) is 6.42 Å². The molecule has 2 heterocycles. The van der Waals surface area contributed by atoms with Crippen LogP contribution >= 0.6 is 0 Å². The monoisotopic (exact) mass is 332 g/mol. The quantitative estimate of drug-likeness (QED) is 0.802. The van der Waals surface area contributed by atoms with Gasteiger partial charge in [0.1, 0.15) is 0 Å². The van der Waals surface area contributed by atoms with Crippen LogP contribution in [0.5, 0.6) is 0 Å². The summed E-state index contributed by atoms with van der Waals surface area (Å²) in [7, 11) is 0. The van der Waals surface area contributed by atoms with Crippen molar-refractivity contribution in [3.8, 4) is 0 Å². The Morgan fingerprint density at radius 3 is 2.64 bits per heavy atom. The molecule has 0 unspecified atom stereocenters. The fourth-order valence-electron chi connectivity index (χ4n) is 3.93. The topological polar surface area (TPSA) is 59.5 Å². The number of pyridine rings is 1. The van der Waals surface area contributed by atoms with Gasteiger partial charge in [-0.2, -0.15) is 0 Å². The molecule has 5 nitrogen and oxygen atoms in total. The molecule has 1 aromatic heterocycles. The maximum atomic E-state index is 13.0. The summed E-state index contributed by atoms with van der Waals surface area (Å²) in [5.74, 6) is -0.133. The number of hydrogen-bond donors (Lipinski definition) is 0. The van der Waals surface area contributed by atoms with Crippen LogP contribution in [0.25, 0.3) is 5.57 Å². The van der Waals surface area contributed by atoms with E-state index in [-0.39, 0.29) is 11.6 Å². The van der Waals surface area contributed by atoms with Crippen molar-refractivity contribution in [1.29, 1.82) is 0 Å². The highest BCUT2D eigenvalue weighted by molar-refractivity contribution is 6.41. The average Bonchev–Trinajstić information content (AvgIpc) is 3.06. The average molecular weight is 332 g/mol. The molecule has 1 fully saturated rings. The molecule has 25 heavy (non-hydrogen) atoms. The van der Waals surface area contributed by atoms with E-state index >= 15 is 0 Å².